The Morgan fingerprint density at radius 3 is 2.76 bits per heavy atom. The number of nitrogens with one attached hydrogen (secondary N) is 1. The van der Waals surface area contributed by atoms with Gasteiger partial charge in [0.05, 0.1) is 5.75 Å². The summed E-state index contributed by atoms with van der Waals surface area (Å²) in [5.41, 5.74) is 0. The molecule has 1 atom stereocenters. The number of thioether (sulfide) groups is 1. The Hall–Kier alpha value is -1.74. The van der Waals surface area contributed by atoms with Gasteiger partial charge in [0.1, 0.15) is 11.0 Å². The highest BCUT2D eigenvalue weighted by atomic mass is 35.5. The molecule has 2 heterocycles. The Morgan fingerprint density at radius 1 is 1.44 bits per heavy atom. The van der Waals surface area contributed by atoms with Gasteiger partial charge in [-0.05, 0) is 20.8 Å². The molecular weight excluding hydrogens is 366 g/mol. The van der Waals surface area contributed by atoms with Crippen LogP contribution in [0.5, 0.6) is 0 Å². The van der Waals surface area contributed by atoms with Gasteiger partial charge in [0, 0.05) is 37.8 Å². The number of carboxylic acids is 1. The Bertz CT molecular complexity index is 646. The maximum absolute atomic E-state index is 12.2. The second kappa shape index (κ2) is 8.57. The van der Waals surface area contributed by atoms with Crippen LogP contribution in [-0.2, 0) is 4.79 Å². The molecule has 8 nitrogen and oxygen atoms in total. The number of piperazine rings is 1. The van der Waals surface area contributed by atoms with Crippen LogP contribution in [0.15, 0.2) is 11.2 Å². The molecular formula is C15H22ClN5O3S. The normalized spacial score (nSPS) is 17.7. The Morgan fingerprint density at radius 2 is 2.16 bits per heavy atom. The molecule has 0 saturated carbocycles. The van der Waals surface area contributed by atoms with Crippen molar-refractivity contribution in [3.8, 4) is 0 Å². The number of carboxylic acid groups (broad SMARTS) is 1. The maximum atomic E-state index is 12.2. The molecule has 0 aromatic carbocycles. The highest BCUT2D eigenvalue weighted by molar-refractivity contribution is 7.99. The minimum Gasteiger partial charge on any atom is -0.481 e. The van der Waals surface area contributed by atoms with Crippen LogP contribution < -0.4 is 10.2 Å². The molecule has 1 saturated heterocycles. The van der Waals surface area contributed by atoms with Crippen molar-refractivity contribution in [2.75, 3.05) is 30.3 Å². The topological polar surface area (TPSA) is 98.7 Å². The molecule has 1 aromatic rings. The van der Waals surface area contributed by atoms with Crippen LogP contribution in [-0.4, -0.2) is 69.4 Å². The first kappa shape index (κ1) is 19.6. The summed E-state index contributed by atoms with van der Waals surface area (Å²) in [5.74, 6) is -0.420. The first-order valence-electron chi connectivity index (χ1n) is 7.97. The van der Waals surface area contributed by atoms with Crippen LogP contribution in [0.3, 0.4) is 0 Å². The molecule has 0 bridgehead atoms. The van der Waals surface area contributed by atoms with Crippen LogP contribution in [0.25, 0.3) is 0 Å². The zero-order valence-corrected chi connectivity index (χ0v) is 16.0. The van der Waals surface area contributed by atoms with Gasteiger partial charge < -0.3 is 20.2 Å². The van der Waals surface area contributed by atoms with E-state index >= 15 is 0 Å². The molecule has 1 aliphatic heterocycles. The number of anilines is 1. The third-order valence-corrected chi connectivity index (χ3v) is 4.64. The van der Waals surface area contributed by atoms with Crippen molar-refractivity contribution in [2.45, 2.75) is 38.0 Å². The number of hydrogen-bond acceptors (Lipinski definition) is 6. The van der Waals surface area contributed by atoms with E-state index in [1.807, 2.05) is 25.7 Å². The average molecular weight is 388 g/mol. The summed E-state index contributed by atoms with van der Waals surface area (Å²) < 4.78 is 0. The van der Waals surface area contributed by atoms with Gasteiger partial charge in [0.15, 0.2) is 5.16 Å². The van der Waals surface area contributed by atoms with Gasteiger partial charge >= 0.3 is 12.0 Å². The number of nitrogens with zero attached hydrogens (tertiary/aromatic N) is 4. The molecule has 0 aliphatic carbocycles. The van der Waals surface area contributed by atoms with Crippen molar-refractivity contribution in [1.82, 2.24) is 20.2 Å². The Labute approximate surface area is 155 Å². The van der Waals surface area contributed by atoms with Gasteiger partial charge in [-0.2, -0.15) is 0 Å². The fourth-order valence-electron chi connectivity index (χ4n) is 2.54. The van der Waals surface area contributed by atoms with E-state index < -0.39 is 5.97 Å². The van der Waals surface area contributed by atoms with E-state index in [0.717, 1.165) is 11.8 Å². The van der Waals surface area contributed by atoms with Crippen LogP contribution in [0.2, 0.25) is 5.15 Å². The predicted molar refractivity (Wildman–Crippen MR) is 97.5 cm³/mol. The van der Waals surface area contributed by atoms with E-state index in [2.05, 4.69) is 15.3 Å². The van der Waals surface area contributed by atoms with Crippen molar-refractivity contribution >= 4 is 41.2 Å². The minimum absolute atomic E-state index is 0.0105. The zero-order valence-electron chi connectivity index (χ0n) is 14.4. The number of aliphatic carboxylic acids is 1. The van der Waals surface area contributed by atoms with Crippen LogP contribution >= 0.6 is 23.4 Å². The molecule has 2 N–H and O–H groups in total. The monoisotopic (exact) mass is 387 g/mol. The predicted octanol–water partition coefficient (Wildman–Crippen LogP) is 1.94. The fraction of sp³-hybridized carbons (Fsp3) is 0.600. The van der Waals surface area contributed by atoms with Crippen molar-refractivity contribution in [3.05, 3.63) is 11.2 Å². The van der Waals surface area contributed by atoms with E-state index in [9.17, 15) is 9.59 Å². The van der Waals surface area contributed by atoms with Gasteiger partial charge in [-0.15, -0.1) is 0 Å². The van der Waals surface area contributed by atoms with E-state index in [1.165, 1.54) is 0 Å². The summed E-state index contributed by atoms with van der Waals surface area (Å²) in [4.78, 5) is 35.2. The molecule has 1 fully saturated rings. The van der Waals surface area contributed by atoms with E-state index in [4.69, 9.17) is 16.7 Å². The third kappa shape index (κ3) is 5.64. The lowest BCUT2D eigenvalue weighted by molar-refractivity contribution is -0.133. The van der Waals surface area contributed by atoms with E-state index in [-0.39, 0.29) is 29.0 Å². The molecule has 2 rings (SSSR count). The van der Waals surface area contributed by atoms with Gasteiger partial charge in [0.2, 0.25) is 0 Å². The SMILES string of the molecule is CC(C)NC(=O)N1CCN(c2cc(Cl)nc(SCC(=O)O)n2)C[C@@H]1C. The number of aromatic nitrogens is 2. The number of hydrogen-bond donors (Lipinski definition) is 2. The molecule has 0 spiro atoms. The van der Waals surface area contributed by atoms with Crippen molar-refractivity contribution < 1.29 is 14.7 Å². The largest absolute Gasteiger partial charge is 0.481 e. The lowest BCUT2D eigenvalue weighted by atomic mass is 10.2. The standard InChI is InChI=1S/C15H22ClN5O3S/c1-9(2)17-15(24)21-5-4-20(7-10(21)3)12-6-11(16)18-14(19-12)25-8-13(22)23/h6,9-10H,4-5,7-8H2,1-3H3,(H,17,24)(H,22,23)/t10-/m0/s1. The van der Waals surface area contributed by atoms with Crippen molar-refractivity contribution in [1.29, 1.82) is 0 Å². The summed E-state index contributed by atoms with van der Waals surface area (Å²) >= 11 is 7.07. The lowest BCUT2D eigenvalue weighted by Crippen LogP contribution is -2.57. The van der Waals surface area contributed by atoms with Gasteiger partial charge in [-0.25, -0.2) is 14.8 Å². The Balaban J connectivity index is 2.06. The average Bonchev–Trinajstić information content (AvgIpc) is 2.51. The second-order valence-electron chi connectivity index (χ2n) is 6.11. The summed E-state index contributed by atoms with van der Waals surface area (Å²) in [6, 6.07) is 1.69. The van der Waals surface area contributed by atoms with Crippen LogP contribution in [0.4, 0.5) is 10.6 Å². The number of amides is 2. The fourth-order valence-corrected chi connectivity index (χ4v) is 3.34. The Kier molecular flexibility index (Phi) is 6.71. The molecule has 1 aromatic heterocycles. The second-order valence-corrected chi connectivity index (χ2v) is 7.44. The highest BCUT2D eigenvalue weighted by Gasteiger charge is 2.28. The number of rotatable bonds is 5. The number of carbonyl (C=O) groups is 2. The first-order chi connectivity index (χ1) is 11.8. The van der Waals surface area contributed by atoms with Gasteiger partial charge in [-0.1, -0.05) is 23.4 Å². The van der Waals surface area contributed by atoms with Gasteiger partial charge in [0.25, 0.3) is 0 Å². The van der Waals surface area contributed by atoms with Gasteiger partial charge in [-0.3, -0.25) is 4.79 Å². The van der Waals surface area contributed by atoms with E-state index in [0.29, 0.717) is 30.6 Å². The molecule has 0 radical (unpaired) electrons. The van der Waals surface area contributed by atoms with Crippen LogP contribution in [0.1, 0.15) is 20.8 Å². The van der Waals surface area contributed by atoms with Crippen LogP contribution in [0, 0.1) is 0 Å². The quantitative estimate of drug-likeness (QED) is 0.452. The zero-order chi connectivity index (χ0) is 18.6. The summed E-state index contributed by atoms with van der Waals surface area (Å²) in [6.45, 7) is 7.64. The summed E-state index contributed by atoms with van der Waals surface area (Å²) in [6.07, 6.45) is 0. The number of halogens is 1. The van der Waals surface area contributed by atoms with Crippen molar-refractivity contribution in [2.24, 2.45) is 0 Å². The summed E-state index contributed by atoms with van der Waals surface area (Å²) in [7, 11) is 0. The molecule has 138 valence electrons. The lowest BCUT2D eigenvalue weighted by Gasteiger charge is -2.40. The first-order valence-corrected chi connectivity index (χ1v) is 9.34. The highest BCUT2D eigenvalue weighted by Crippen LogP contribution is 2.24. The van der Waals surface area contributed by atoms with E-state index in [1.54, 1.807) is 11.0 Å². The molecule has 25 heavy (non-hydrogen) atoms. The third-order valence-electron chi connectivity index (χ3n) is 3.61. The molecule has 0 unspecified atom stereocenters. The number of carbonyl (C=O) groups excluding carboxylic acids is 1. The molecule has 2 amide bonds. The van der Waals surface area contributed by atoms with Crippen molar-refractivity contribution in [3.63, 3.8) is 0 Å². The molecule has 1 aliphatic rings. The smallest absolute Gasteiger partial charge is 0.317 e. The number of urea groups is 1. The minimum atomic E-state index is -0.937. The summed E-state index contributed by atoms with van der Waals surface area (Å²) in [5, 5.41) is 12.3. The maximum Gasteiger partial charge on any atom is 0.317 e. The molecule has 10 heteroatoms.